The van der Waals surface area contributed by atoms with Gasteiger partial charge in [0.2, 0.25) is 5.91 Å². The second-order valence-electron chi connectivity index (χ2n) is 3.43. The molecule has 1 aliphatic heterocycles. The molecule has 86 valence electrons. The van der Waals surface area contributed by atoms with E-state index in [1.54, 1.807) is 0 Å². The van der Waals surface area contributed by atoms with E-state index in [0.717, 1.165) is 0 Å². The molecule has 3 atom stereocenters. The van der Waals surface area contributed by atoms with E-state index >= 15 is 0 Å². The SMILES string of the molecule is O=C(O)[C@H](CS)NC(=O)[C@@H]1C[C@@H](O)CN1. The number of hydrogen-bond donors (Lipinski definition) is 5. The molecule has 1 fully saturated rings. The second kappa shape index (κ2) is 5.34. The van der Waals surface area contributed by atoms with Crippen molar-refractivity contribution in [2.24, 2.45) is 0 Å². The Morgan fingerprint density at radius 2 is 2.27 bits per heavy atom. The van der Waals surface area contributed by atoms with Gasteiger partial charge in [0.25, 0.3) is 0 Å². The first-order valence-corrected chi connectivity index (χ1v) is 5.23. The average molecular weight is 234 g/mol. The van der Waals surface area contributed by atoms with Crippen molar-refractivity contribution in [2.75, 3.05) is 12.3 Å². The van der Waals surface area contributed by atoms with Crippen molar-refractivity contribution >= 4 is 24.5 Å². The fourth-order valence-electron chi connectivity index (χ4n) is 1.37. The van der Waals surface area contributed by atoms with Crippen molar-refractivity contribution < 1.29 is 19.8 Å². The number of carboxylic acids is 1. The Balaban J connectivity index is 2.44. The monoisotopic (exact) mass is 234 g/mol. The van der Waals surface area contributed by atoms with Crippen LogP contribution in [-0.4, -0.2) is 52.6 Å². The zero-order valence-corrected chi connectivity index (χ0v) is 8.91. The summed E-state index contributed by atoms with van der Waals surface area (Å²) < 4.78 is 0. The Hall–Kier alpha value is -0.790. The van der Waals surface area contributed by atoms with E-state index in [0.29, 0.717) is 13.0 Å². The molecule has 1 amide bonds. The lowest BCUT2D eigenvalue weighted by atomic mass is 10.2. The van der Waals surface area contributed by atoms with Crippen molar-refractivity contribution in [1.29, 1.82) is 0 Å². The minimum Gasteiger partial charge on any atom is -0.480 e. The van der Waals surface area contributed by atoms with Gasteiger partial charge < -0.3 is 20.8 Å². The van der Waals surface area contributed by atoms with Crippen LogP contribution in [0, 0.1) is 0 Å². The summed E-state index contributed by atoms with van der Waals surface area (Å²) in [6.07, 6.45) is -0.231. The molecule has 15 heavy (non-hydrogen) atoms. The van der Waals surface area contributed by atoms with E-state index in [1.165, 1.54) is 0 Å². The maximum Gasteiger partial charge on any atom is 0.327 e. The quantitative estimate of drug-likeness (QED) is 0.370. The van der Waals surface area contributed by atoms with Gasteiger partial charge in [0.1, 0.15) is 6.04 Å². The Bertz CT molecular complexity index is 261. The molecule has 0 aliphatic carbocycles. The lowest BCUT2D eigenvalue weighted by molar-refractivity contribution is -0.141. The van der Waals surface area contributed by atoms with E-state index in [-0.39, 0.29) is 5.75 Å². The van der Waals surface area contributed by atoms with Crippen molar-refractivity contribution in [1.82, 2.24) is 10.6 Å². The highest BCUT2D eigenvalue weighted by atomic mass is 32.1. The molecule has 0 aromatic carbocycles. The molecule has 7 heteroatoms. The molecule has 6 nitrogen and oxygen atoms in total. The minimum absolute atomic E-state index is 0.0380. The third-order valence-electron chi connectivity index (χ3n) is 2.22. The number of carboxylic acid groups (broad SMARTS) is 1. The van der Waals surface area contributed by atoms with Gasteiger partial charge in [-0.05, 0) is 6.42 Å². The molecule has 0 saturated carbocycles. The minimum atomic E-state index is -1.11. The fraction of sp³-hybridized carbons (Fsp3) is 0.750. The zero-order valence-electron chi connectivity index (χ0n) is 8.01. The first-order valence-electron chi connectivity index (χ1n) is 4.60. The van der Waals surface area contributed by atoms with Gasteiger partial charge in [-0.15, -0.1) is 0 Å². The molecular weight excluding hydrogens is 220 g/mol. The van der Waals surface area contributed by atoms with Crippen LogP contribution in [0.3, 0.4) is 0 Å². The van der Waals surface area contributed by atoms with E-state index in [4.69, 9.17) is 5.11 Å². The first-order chi connectivity index (χ1) is 7.04. The number of aliphatic hydroxyl groups excluding tert-OH is 1. The molecule has 0 bridgehead atoms. The molecule has 1 rings (SSSR count). The van der Waals surface area contributed by atoms with Crippen molar-refractivity contribution in [3.05, 3.63) is 0 Å². The van der Waals surface area contributed by atoms with Crippen LogP contribution in [-0.2, 0) is 9.59 Å². The number of rotatable bonds is 4. The van der Waals surface area contributed by atoms with Crippen LogP contribution in [0.25, 0.3) is 0 Å². The molecular formula is C8H14N2O4S. The molecule has 4 N–H and O–H groups in total. The number of β-amino-alcohol motifs (C(OH)–C–C–N with tert-alkyl or cyclic N) is 1. The van der Waals surface area contributed by atoms with Gasteiger partial charge in [-0.25, -0.2) is 4.79 Å². The van der Waals surface area contributed by atoms with Crippen LogP contribution >= 0.6 is 12.6 Å². The maximum atomic E-state index is 11.5. The second-order valence-corrected chi connectivity index (χ2v) is 3.80. The van der Waals surface area contributed by atoms with E-state index in [9.17, 15) is 14.7 Å². The number of amides is 1. The number of hydrogen-bond acceptors (Lipinski definition) is 5. The normalized spacial score (nSPS) is 27.3. The number of carbonyl (C=O) groups excluding carboxylic acids is 1. The number of nitrogens with one attached hydrogen (secondary N) is 2. The summed E-state index contributed by atoms with van der Waals surface area (Å²) in [5, 5.41) is 23.0. The predicted octanol–water partition coefficient (Wildman–Crippen LogP) is -1.79. The van der Waals surface area contributed by atoms with E-state index in [2.05, 4.69) is 23.3 Å². The smallest absolute Gasteiger partial charge is 0.327 e. The predicted molar refractivity (Wildman–Crippen MR) is 55.8 cm³/mol. The standard InChI is InChI=1S/C8H14N2O4S/c11-4-1-5(9-2-4)7(12)10-6(3-15)8(13)14/h4-6,9,11,15H,1-3H2,(H,10,12)(H,13,14)/t4-,5+,6+/m1/s1. The van der Waals surface area contributed by atoms with Gasteiger partial charge in [-0.1, -0.05) is 0 Å². The Morgan fingerprint density at radius 1 is 1.60 bits per heavy atom. The van der Waals surface area contributed by atoms with Crippen LogP contribution in [0.1, 0.15) is 6.42 Å². The third kappa shape index (κ3) is 3.37. The Labute approximate surface area is 92.5 Å². The van der Waals surface area contributed by atoms with Crippen LogP contribution in [0.5, 0.6) is 0 Å². The lowest BCUT2D eigenvalue weighted by Crippen LogP contribution is -2.49. The Kier molecular flexibility index (Phi) is 4.37. The summed E-state index contributed by atoms with van der Waals surface area (Å²) in [6.45, 7) is 0.358. The third-order valence-corrected chi connectivity index (χ3v) is 2.59. The maximum absolute atomic E-state index is 11.5. The fourth-order valence-corrected chi connectivity index (χ4v) is 1.62. The number of aliphatic hydroxyl groups is 1. The van der Waals surface area contributed by atoms with Gasteiger partial charge in [0.05, 0.1) is 12.1 Å². The topological polar surface area (TPSA) is 98.7 Å². The highest BCUT2D eigenvalue weighted by Crippen LogP contribution is 2.06. The van der Waals surface area contributed by atoms with E-state index < -0.39 is 30.1 Å². The molecule has 0 spiro atoms. The largest absolute Gasteiger partial charge is 0.480 e. The van der Waals surface area contributed by atoms with Crippen molar-refractivity contribution in [3.63, 3.8) is 0 Å². The number of thiol groups is 1. The molecule has 0 unspecified atom stereocenters. The van der Waals surface area contributed by atoms with Gasteiger partial charge in [0.15, 0.2) is 0 Å². The molecule has 1 aliphatic rings. The van der Waals surface area contributed by atoms with Crippen molar-refractivity contribution in [2.45, 2.75) is 24.6 Å². The molecule has 0 aromatic rings. The summed E-state index contributed by atoms with van der Waals surface area (Å²) in [6, 6.07) is -1.50. The summed E-state index contributed by atoms with van der Waals surface area (Å²) in [5.41, 5.74) is 0. The summed E-state index contributed by atoms with van der Waals surface area (Å²) in [4.78, 5) is 22.1. The first kappa shape index (κ1) is 12.3. The summed E-state index contributed by atoms with van der Waals surface area (Å²) in [5.74, 6) is -1.49. The molecule has 0 aromatic heterocycles. The number of aliphatic carboxylic acids is 1. The molecule has 0 radical (unpaired) electrons. The van der Waals surface area contributed by atoms with Crippen molar-refractivity contribution in [3.8, 4) is 0 Å². The highest BCUT2D eigenvalue weighted by Gasteiger charge is 2.30. The lowest BCUT2D eigenvalue weighted by Gasteiger charge is -2.15. The van der Waals surface area contributed by atoms with Gasteiger partial charge >= 0.3 is 5.97 Å². The summed E-state index contributed by atoms with van der Waals surface area (Å²) >= 11 is 3.82. The number of carbonyl (C=O) groups is 2. The van der Waals surface area contributed by atoms with Crippen LogP contribution < -0.4 is 10.6 Å². The summed E-state index contributed by atoms with van der Waals surface area (Å²) in [7, 11) is 0. The average Bonchev–Trinajstić information content (AvgIpc) is 2.60. The highest BCUT2D eigenvalue weighted by molar-refractivity contribution is 7.80. The van der Waals surface area contributed by atoms with Crippen LogP contribution in [0.15, 0.2) is 0 Å². The van der Waals surface area contributed by atoms with Crippen LogP contribution in [0.4, 0.5) is 0 Å². The van der Waals surface area contributed by atoms with Gasteiger partial charge in [-0.3, -0.25) is 4.79 Å². The zero-order chi connectivity index (χ0) is 11.4. The van der Waals surface area contributed by atoms with E-state index in [1.807, 2.05) is 0 Å². The van der Waals surface area contributed by atoms with Gasteiger partial charge in [-0.2, -0.15) is 12.6 Å². The Morgan fingerprint density at radius 3 is 2.67 bits per heavy atom. The molecule has 1 saturated heterocycles. The van der Waals surface area contributed by atoms with Crippen LogP contribution in [0.2, 0.25) is 0 Å². The van der Waals surface area contributed by atoms with Gasteiger partial charge in [0, 0.05) is 12.3 Å². The molecule has 1 heterocycles.